The van der Waals surface area contributed by atoms with Gasteiger partial charge >= 0.3 is 19.7 Å². The molecular formula is C21H28N4O9P+. The Morgan fingerprint density at radius 3 is 2.71 bits per heavy atom. The predicted molar refractivity (Wildman–Crippen MR) is 122 cm³/mol. The summed E-state index contributed by atoms with van der Waals surface area (Å²) in [6.07, 6.45) is -0.201. The highest BCUT2D eigenvalue weighted by Gasteiger charge is 2.63. The van der Waals surface area contributed by atoms with Gasteiger partial charge in [0.05, 0.1) is 19.8 Å². The van der Waals surface area contributed by atoms with Crippen molar-refractivity contribution >= 4 is 32.4 Å². The van der Waals surface area contributed by atoms with Crippen molar-refractivity contribution in [2.45, 2.75) is 37.8 Å². The van der Waals surface area contributed by atoms with Crippen LogP contribution in [-0.4, -0.2) is 78.6 Å². The van der Waals surface area contributed by atoms with E-state index in [2.05, 4.69) is 26.9 Å². The maximum absolute atomic E-state index is 13.5. The molecule has 0 aromatic heterocycles. The molecule has 190 valence electrons. The van der Waals surface area contributed by atoms with Crippen LogP contribution in [0.2, 0.25) is 0 Å². The van der Waals surface area contributed by atoms with Crippen LogP contribution in [0.25, 0.3) is 0 Å². The Bertz CT molecular complexity index is 1070. The summed E-state index contributed by atoms with van der Waals surface area (Å²) in [6.45, 7) is 5.60. The minimum atomic E-state index is -4.20. The van der Waals surface area contributed by atoms with Crippen LogP contribution in [-0.2, 0) is 28.2 Å². The van der Waals surface area contributed by atoms with Gasteiger partial charge in [0.15, 0.2) is 12.8 Å². The van der Waals surface area contributed by atoms with Crippen molar-refractivity contribution in [2.24, 2.45) is 4.99 Å². The van der Waals surface area contributed by atoms with Gasteiger partial charge in [-0.05, 0) is 25.8 Å². The molecule has 1 saturated heterocycles. The number of nitrogens with one attached hydrogen (secondary N) is 2. The van der Waals surface area contributed by atoms with Crippen molar-refractivity contribution in [1.29, 1.82) is 0 Å². The minimum absolute atomic E-state index is 0.201. The molecule has 3 unspecified atom stereocenters. The number of carbonyl (C=O) groups is 3. The summed E-state index contributed by atoms with van der Waals surface area (Å²) in [4.78, 5) is 40.2. The third-order valence-electron chi connectivity index (χ3n) is 5.89. The van der Waals surface area contributed by atoms with Gasteiger partial charge in [0.25, 0.3) is 5.91 Å². The number of quaternary nitrogens is 1. The minimum Gasteiger partial charge on any atom is -0.468 e. The highest BCUT2D eigenvalue weighted by molar-refractivity contribution is 7.52. The second-order valence-electron chi connectivity index (χ2n) is 8.08. The zero-order chi connectivity index (χ0) is 25.9. The number of hydrogen-bond acceptors (Lipinski definition) is 10. The standard InChI is InChI=1S/C21H27N4O9P/c1-14(19(28)31-4)24-35(30,34-15-8-6-5-7-9-15)33-12-16-18(27)21(2,22-3)25(13-32-16)11-10-17(26)23-20(25)29/h5-11,14,16,18,27H,3,12-13H2,1-2,4H3,(H-,23,24,26,29,30)/p+1/t14-,16+,18+,21?,25?,35?/m0/s1. The topological polar surface area (TPSA) is 162 Å². The van der Waals surface area contributed by atoms with Gasteiger partial charge < -0.3 is 19.1 Å². The molecule has 2 heterocycles. The number of benzene rings is 1. The van der Waals surface area contributed by atoms with E-state index in [4.69, 9.17) is 13.8 Å². The zero-order valence-corrected chi connectivity index (χ0v) is 20.3. The zero-order valence-electron chi connectivity index (χ0n) is 19.4. The number of methoxy groups -OCH3 is 1. The van der Waals surface area contributed by atoms with E-state index in [1.165, 1.54) is 27.2 Å². The fourth-order valence-corrected chi connectivity index (χ4v) is 5.20. The molecule has 6 atom stereocenters. The van der Waals surface area contributed by atoms with Gasteiger partial charge in [0.1, 0.15) is 24.1 Å². The molecule has 3 rings (SSSR count). The van der Waals surface area contributed by atoms with Crippen LogP contribution in [0.5, 0.6) is 5.75 Å². The largest absolute Gasteiger partial charge is 0.468 e. The van der Waals surface area contributed by atoms with Crippen LogP contribution in [0, 0.1) is 0 Å². The number of rotatable bonds is 9. The van der Waals surface area contributed by atoms with Crippen LogP contribution in [0.1, 0.15) is 13.8 Å². The quantitative estimate of drug-likeness (QED) is 0.189. The van der Waals surface area contributed by atoms with Crippen molar-refractivity contribution in [2.75, 3.05) is 20.4 Å². The van der Waals surface area contributed by atoms with Crippen molar-refractivity contribution in [3.05, 3.63) is 42.6 Å². The van der Waals surface area contributed by atoms with Gasteiger partial charge in [-0.3, -0.25) is 14.1 Å². The van der Waals surface area contributed by atoms with E-state index in [0.717, 1.165) is 6.08 Å². The van der Waals surface area contributed by atoms with Crippen LogP contribution < -0.4 is 14.9 Å². The predicted octanol–water partition coefficient (Wildman–Crippen LogP) is 1.06. The molecule has 0 saturated carbocycles. The van der Waals surface area contributed by atoms with Gasteiger partial charge in [-0.25, -0.2) is 19.7 Å². The molecule has 0 radical (unpaired) electrons. The first kappa shape index (κ1) is 26.7. The Balaban J connectivity index is 1.82. The molecule has 0 aliphatic carbocycles. The number of ether oxygens (including phenoxy) is 2. The SMILES string of the molecule is C=NC1(C)[C@H](O)[C@@H](COP(=O)(N[C@@H](C)C(=O)OC)Oc2ccccc2)OC[N+]12C=CC(=O)NC2=O. The number of amides is 3. The number of esters is 1. The van der Waals surface area contributed by atoms with E-state index >= 15 is 0 Å². The summed E-state index contributed by atoms with van der Waals surface area (Å²) in [7, 11) is -3.02. The van der Waals surface area contributed by atoms with Crippen molar-refractivity contribution in [3.8, 4) is 5.75 Å². The third kappa shape index (κ3) is 5.20. The second kappa shape index (κ2) is 10.4. The lowest BCUT2D eigenvalue weighted by Gasteiger charge is -2.51. The lowest BCUT2D eigenvalue weighted by atomic mass is 9.94. The van der Waals surface area contributed by atoms with Gasteiger partial charge in [-0.1, -0.05) is 18.2 Å². The molecule has 1 aromatic rings. The molecular weight excluding hydrogens is 483 g/mol. The maximum atomic E-state index is 13.5. The summed E-state index contributed by atoms with van der Waals surface area (Å²) < 4.78 is 34.3. The Morgan fingerprint density at radius 1 is 1.43 bits per heavy atom. The van der Waals surface area contributed by atoms with Crippen LogP contribution >= 0.6 is 7.75 Å². The van der Waals surface area contributed by atoms with E-state index in [1.807, 2.05) is 0 Å². The lowest BCUT2D eigenvalue weighted by Crippen LogP contribution is -2.76. The second-order valence-corrected chi connectivity index (χ2v) is 9.78. The smallest absolute Gasteiger partial charge is 0.459 e. The lowest BCUT2D eigenvalue weighted by molar-refractivity contribution is -0.891. The summed E-state index contributed by atoms with van der Waals surface area (Å²) in [5.41, 5.74) is -1.58. The first-order valence-electron chi connectivity index (χ1n) is 10.6. The fraction of sp³-hybridized carbons (Fsp3) is 0.429. The highest BCUT2D eigenvalue weighted by Crippen LogP contribution is 2.46. The molecule has 1 aromatic carbocycles. The van der Waals surface area contributed by atoms with Crippen LogP contribution in [0.15, 0.2) is 47.6 Å². The van der Waals surface area contributed by atoms with Crippen molar-refractivity contribution in [3.63, 3.8) is 0 Å². The van der Waals surface area contributed by atoms with Crippen molar-refractivity contribution < 1.29 is 47.1 Å². The molecule has 3 N–H and O–H groups in total. The van der Waals surface area contributed by atoms with E-state index in [9.17, 15) is 24.1 Å². The van der Waals surface area contributed by atoms with E-state index < -0.39 is 60.7 Å². The van der Waals surface area contributed by atoms with Gasteiger partial charge in [0, 0.05) is 6.92 Å². The Kier molecular flexibility index (Phi) is 7.90. The average molecular weight is 511 g/mol. The van der Waals surface area contributed by atoms with E-state index in [0.29, 0.717) is 0 Å². The Hall–Kier alpha value is -2.93. The highest BCUT2D eigenvalue weighted by atomic mass is 31.2. The van der Waals surface area contributed by atoms with E-state index in [-0.39, 0.29) is 12.5 Å². The summed E-state index contributed by atoms with van der Waals surface area (Å²) in [5, 5.41) is 15.8. The Labute approximate surface area is 201 Å². The number of hydrogen-bond donors (Lipinski definition) is 3. The number of aliphatic imine (C=N–C) groups is 1. The molecule has 1 fully saturated rings. The van der Waals surface area contributed by atoms with E-state index in [1.54, 1.807) is 30.3 Å². The molecule has 1 spiro atoms. The molecule has 0 bridgehead atoms. The van der Waals surface area contributed by atoms with Gasteiger partial charge in [-0.2, -0.15) is 9.57 Å². The Morgan fingerprint density at radius 2 is 2.11 bits per heavy atom. The molecule has 3 amide bonds. The third-order valence-corrected chi connectivity index (χ3v) is 7.53. The summed E-state index contributed by atoms with van der Waals surface area (Å²) >= 11 is 0. The van der Waals surface area contributed by atoms with Crippen molar-refractivity contribution in [1.82, 2.24) is 10.4 Å². The molecule has 35 heavy (non-hydrogen) atoms. The number of aliphatic hydroxyl groups excluding tert-OH is 1. The van der Waals surface area contributed by atoms with Crippen LogP contribution in [0.3, 0.4) is 0 Å². The molecule has 13 nitrogen and oxygen atoms in total. The van der Waals surface area contributed by atoms with Gasteiger partial charge in [-0.15, -0.1) is 0 Å². The first-order chi connectivity index (χ1) is 16.5. The number of imide groups is 1. The number of nitrogens with zero attached hydrogens (tertiary/aromatic N) is 2. The number of urea groups is 1. The van der Waals surface area contributed by atoms with Gasteiger partial charge in [0.2, 0.25) is 5.66 Å². The normalized spacial score (nSPS) is 30.7. The number of aliphatic hydroxyl groups is 1. The summed E-state index contributed by atoms with van der Waals surface area (Å²) in [6, 6.07) is 6.32. The maximum Gasteiger partial charge on any atom is 0.459 e. The number of para-hydroxylation sites is 1. The first-order valence-corrected chi connectivity index (χ1v) is 12.1. The fourth-order valence-electron chi connectivity index (χ4n) is 3.70. The number of carbonyl (C=O) groups excluding carboxylic acids is 3. The molecule has 14 heteroatoms. The molecule has 2 aliphatic rings. The molecule has 2 aliphatic heterocycles. The van der Waals surface area contributed by atoms with Crippen LogP contribution in [0.4, 0.5) is 4.79 Å². The monoisotopic (exact) mass is 511 g/mol. The summed E-state index contributed by atoms with van der Waals surface area (Å²) in [5.74, 6) is -1.12. The average Bonchev–Trinajstić information content (AvgIpc) is 2.83.